The Morgan fingerprint density at radius 2 is 1.51 bits per heavy atom. The summed E-state index contributed by atoms with van der Waals surface area (Å²) in [6.07, 6.45) is -1.74. The van der Waals surface area contributed by atoms with Gasteiger partial charge in [0.1, 0.15) is 34.8 Å². The van der Waals surface area contributed by atoms with E-state index in [9.17, 15) is 19.2 Å². The average molecular weight is 901 g/mol. The van der Waals surface area contributed by atoms with Crippen LogP contribution in [0.3, 0.4) is 0 Å². The van der Waals surface area contributed by atoms with E-state index in [2.05, 4.69) is 42.2 Å². The molecule has 2 aliphatic heterocycles. The molecule has 276 valence electrons. The van der Waals surface area contributed by atoms with Gasteiger partial charge in [0.2, 0.25) is 5.91 Å². The number of thioether (sulfide) groups is 1. The van der Waals surface area contributed by atoms with Crippen LogP contribution >= 0.6 is 55.0 Å². The third-order valence-corrected chi connectivity index (χ3v) is 12.3. The predicted molar refractivity (Wildman–Crippen MR) is 215 cm³/mol. The van der Waals surface area contributed by atoms with E-state index in [1.165, 1.54) is 28.0 Å². The topological polar surface area (TPSA) is 137 Å². The fraction of sp³-hybridized carbons (Fsp3) is 0.150. The molecular weight excluding hydrogens is 872 g/mol. The minimum atomic E-state index is -1.06. The second-order valence-electron chi connectivity index (χ2n) is 12.5. The first-order valence-corrected chi connectivity index (χ1v) is 20.4. The first-order chi connectivity index (χ1) is 26.7. The maximum atomic E-state index is 14.3. The van der Waals surface area contributed by atoms with Crippen molar-refractivity contribution in [3.63, 3.8) is 0 Å². The van der Waals surface area contributed by atoms with Gasteiger partial charge in [0.05, 0.1) is 21.9 Å². The number of rotatable bonds is 10. The number of β-lactam (4-membered cyclic amide) rings is 1. The smallest absolute Gasteiger partial charge is 0.448 e. The Morgan fingerprint density at radius 3 is 2.16 bits per heavy atom. The molecule has 1 saturated heterocycles. The van der Waals surface area contributed by atoms with Gasteiger partial charge in [0, 0.05) is 20.7 Å². The molecule has 0 saturated carbocycles. The molecule has 15 heteroatoms. The van der Waals surface area contributed by atoms with Crippen molar-refractivity contribution >= 4 is 101 Å². The normalized spacial score (nSPS) is 16.5. The molecule has 4 aromatic carbocycles. The molecule has 11 nitrogen and oxygen atoms in total. The number of benzene rings is 4. The third kappa shape index (κ3) is 7.61. The Bertz CT molecular complexity index is 2450. The number of hydrogen-bond acceptors (Lipinski definition) is 11. The number of ether oxygens (including phenoxy) is 3. The van der Waals surface area contributed by atoms with Crippen molar-refractivity contribution in [3.8, 4) is 5.75 Å². The van der Waals surface area contributed by atoms with E-state index in [1.54, 1.807) is 12.1 Å². The summed E-state index contributed by atoms with van der Waals surface area (Å²) >= 11 is 9.78. The molecule has 0 bridgehead atoms. The van der Waals surface area contributed by atoms with Crippen LogP contribution in [0.4, 0.5) is 4.79 Å². The Hall–Kier alpha value is -5.09. The Balaban J connectivity index is 1.07. The summed E-state index contributed by atoms with van der Waals surface area (Å²) in [5.74, 6) is -1.26. The fourth-order valence-electron chi connectivity index (χ4n) is 6.36. The summed E-state index contributed by atoms with van der Waals surface area (Å²) in [6.45, 7) is -0.385. The molecule has 0 unspecified atom stereocenters. The van der Waals surface area contributed by atoms with Gasteiger partial charge in [-0.15, -0.1) is 23.1 Å². The second kappa shape index (κ2) is 15.9. The van der Waals surface area contributed by atoms with E-state index in [0.717, 1.165) is 16.0 Å². The standard InChI is InChI=1S/C40H28Br2N4O7S2/c41-26-19-27(42)36(32-31(26)43-28-15-7-8-16-29(28)44-32)53-40(50)51-20-24-21-55-38-33(45-30(47)18-25-14-9-17-54-25)37(48)46(38)34(24)39(49)52-35(22-10-3-1-4-11-22)23-12-5-2-6-13-23/h1-17,19,33,35,38H,18,20-21H2,(H,45,47)/t33-,38-/m1/s1. The number of hydrogen-bond donors (Lipinski definition) is 1. The van der Waals surface area contributed by atoms with Crippen LogP contribution in [0.1, 0.15) is 22.1 Å². The molecule has 6 aromatic rings. The molecule has 1 fully saturated rings. The minimum absolute atomic E-state index is 0.0465. The number of aromatic nitrogens is 2. The number of carbonyl (C=O) groups excluding carboxylic acids is 4. The zero-order chi connectivity index (χ0) is 38.1. The number of fused-ring (bicyclic) bond motifs is 3. The predicted octanol–water partition coefficient (Wildman–Crippen LogP) is 8.11. The van der Waals surface area contributed by atoms with E-state index in [0.29, 0.717) is 36.6 Å². The van der Waals surface area contributed by atoms with Gasteiger partial charge in [-0.1, -0.05) is 78.9 Å². The first-order valence-electron chi connectivity index (χ1n) is 16.9. The monoisotopic (exact) mass is 898 g/mol. The van der Waals surface area contributed by atoms with Gasteiger partial charge >= 0.3 is 12.1 Å². The fourth-order valence-corrected chi connectivity index (χ4v) is 9.71. The summed E-state index contributed by atoms with van der Waals surface area (Å²) in [6, 6.07) is 30.4. The molecule has 2 atom stereocenters. The van der Waals surface area contributed by atoms with Crippen LogP contribution in [0.15, 0.2) is 129 Å². The first kappa shape index (κ1) is 36.9. The van der Waals surface area contributed by atoms with Crippen LogP contribution in [0, 0.1) is 0 Å². The van der Waals surface area contributed by atoms with E-state index >= 15 is 0 Å². The van der Waals surface area contributed by atoms with E-state index in [1.807, 2.05) is 96.4 Å². The van der Waals surface area contributed by atoms with Crippen molar-refractivity contribution in [2.24, 2.45) is 0 Å². The quantitative estimate of drug-likeness (QED) is 0.0622. The highest BCUT2D eigenvalue weighted by atomic mass is 79.9. The third-order valence-electron chi connectivity index (χ3n) is 8.93. The lowest BCUT2D eigenvalue weighted by Gasteiger charge is -2.49. The lowest BCUT2D eigenvalue weighted by atomic mass is 10.0. The van der Waals surface area contributed by atoms with E-state index in [4.69, 9.17) is 19.2 Å². The number of esters is 1. The highest BCUT2D eigenvalue weighted by molar-refractivity contribution is 9.11. The molecule has 4 heterocycles. The number of amides is 2. The van der Waals surface area contributed by atoms with Crippen LogP contribution in [-0.4, -0.2) is 62.6 Å². The molecule has 0 radical (unpaired) electrons. The molecule has 55 heavy (non-hydrogen) atoms. The van der Waals surface area contributed by atoms with E-state index in [-0.39, 0.29) is 36.1 Å². The summed E-state index contributed by atoms with van der Waals surface area (Å²) < 4.78 is 18.6. The van der Waals surface area contributed by atoms with Gasteiger partial charge in [-0.2, -0.15) is 0 Å². The van der Waals surface area contributed by atoms with Gasteiger partial charge in [0.15, 0.2) is 11.9 Å². The van der Waals surface area contributed by atoms with Gasteiger partial charge < -0.3 is 19.5 Å². The Labute approximate surface area is 339 Å². The summed E-state index contributed by atoms with van der Waals surface area (Å²) in [4.78, 5) is 66.0. The van der Waals surface area contributed by atoms with Crippen LogP contribution < -0.4 is 10.1 Å². The Morgan fingerprint density at radius 1 is 0.855 bits per heavy atom. The van der Waals surface area contributed by atoms with Crippen LogP contribution in [0.2, 0.25) is 0 Å². The molecule has 2 aliphatic rings. The molecule has 2 aromatic heterocycles. The maximum absolute atomic E-state index is 14.3. The lowest BCUT2D eigenvalue weighted by Crippen LogP contribution is -2.70. The molecule has 2 amide bonds. The molecule has 0 aliphatic carbocycles. The van der Waals surface area contributed by atoms with Crippen molar-refractivity contribution in [1.29, 1.82) is 0 Å². The van der Waals surface area contributed by atoms with Crippen molar-refractivity contribution in [2.75, 3.05) is 12.4 Å². The van der Waals surface area contributed by atoms with Crippen LogP contribution in [-0.2, 0) is 30.3 Å². The molecule has 8 rings (SSSR count). The largest absolute Gasteiger partial charge is 0.514 e. The second-order valence-corrected chi connectivity index (χ2v) is 16.3. The molecule has 1 N–H and O–H groups in total. The highest BCUT2D eigenvalue weighted by Crippen LogP contribution is 2.42. The van der Waals surface area contributed by atoms with Crippen molar-refractivity contribution in [1.82, 2.24) is 20.2 Å². The average Bonchev–Trinajstić information content (AvgIpc) is 3.72. The molecular formula is C40H28Br2N4O7S2. The zero-order valence-corrected chi connectivity index (χ0v) is 33.3. The zero-order valence-electron chi connectivity index (χ0n) is 28.5. The number of thiophene rings is 1. The van der Waals surface area contributed by atoms with Crippen molar-refractivity contribution < 1.29 is 33.4 Å². The van der Waals surface area contributed by atoms with Crippen LogP contribution in [0.25, 0.3) is 22.1 Å². The van der Waals surface area contributed by atoms with Gasteiger partial charge in [-0.25, -0.2) is 19.6 Å². The Kier molecular flexibility index (Phi) is 10.7. The number of nitrogens with zero attached hydrogens (tertiary/aromatic N) is 3. The van der Waals surface area contributed by atoms with Crippen LogP contribution in [0.5, 0.6) is 5.75 Å². The summed E-state index contributed by atoms with van der Waals surface area (Å²) in [5, 5.41) is 4.14. The van der Waals surface area contributed by atoms with Gasteiger partial charge in [-0.05, 0) is 72.6 Å². The number of nitrogens with one attached hydrogen (secondary N) is 1. The van der Waals surface area contributed by atoms with Crippen molar-refractivity contribution in [2.45, 2.75) is 23.9 Å². The minimum Gasteiger partial charge on any atom is -0.448 e. The van der Waals surface area contributed by atoms with Crippen molar-refractivity contribution in [3.05, 3.63) is 145 Å². The number of para-hydroxylation sites is 2. The molecule has 0 spiro atoms. The van der Waals surface area contributed by atoms with Gasteiger partial charge in [-0.3, -0.25) is 14.5 Å². The lowest BCUT2D eigenvalue weighted by molar-refractivity contribution is -0.154. The number of halogens is 2. The maximum Gasteiger partial charge on any atom is 0.514 e. The number of carbonyl (C=O) groups is 4. The highest BCUT2D eigenvalue weighted by Gasteiger charge is 2.54. The summed E-state index contributed by atoms with van der Waals surface area (Å²) in [7, 11) is 0. The SMILES string of the molecule is O=C(Cc1cccs1)N[C@@H]1C(=O)N2C(C(=O)OC(c3ccccc3)c3ccccc3)=C(COC(=O)Oc3c(Br)cc(Br)c4nc5ccccc5nc34)CS[C@H]12. The van der Waals surface area contributed by atoms with Gasteiger partial charge in [0.25, 0.3) is 5.91 Å². The van der Waals surface area contributed by atoms with E-state index < -0.39 is 35.6 Å². The summed E-state index contributed by atoms with van der Waals surface area (Å²) in [5.41, 5.74) is 3.81.